The lowest BCUT2D eigenvalue weighted by atomic mass is 10.0. The SMILES string of the molecule is CCCCCCCCCCCCCCCCCCCCCC(=O)O[C@H](COC(=O)CCCCCCCCCCCCCC(C)C)COP(=O)(O)OC[C@@H](O)COP(=O)(O)OC[C@@H](COC(=O)CCCCCCCCCCCCC(C)C)OC(=O)CCCCCCCCCCCCCC(C)C. The Morgan fingerprint density at radius 1 is 0.270 bits per heavy atom. The van der Waals surface area contributed by atoms with Gasteiger partial charge in [0.25, 0.3) is 0 Å². The van der Waals surface area contributed by atoms with Crippen LogP contribution in [-0.4, -0.2) is 96.7 Å². The maximum atomic E-state index is 13.1. The van der Waals surface area contributed by atoms with Crippen molar-refractivity contribution in [2.45, 2.75) is 439 Å². The lowest BCUT2D eigenvalue weighted by molar-refractivity contribution is -0.161. The van der Waals surface area contributed by atoms with Crippen molar-refractivity contribution in [2.75, 3.05) is 39.6 Å². The summed E-state index contributed by atoms with van der Waals surface area (Å²) >= 11 is 0. The van der Waals surface area contributed by atoms with Crippen molar-refractivity contribution in [3.05, 3.63) is 0 Å². The molecule has 0 heterocycles. The Balaban J connectivity index is 5.26. The van der Waals surface area contributed by atoms with Crippen LogP contribution in [-0.2, 0) is 65.4 Å². The van der Waals surface area contributed by atoms with Gasteiger partial charge in [0.15, 0.2) is 12.2 Å². The molecule has 0 rings (SSSR count). The van der Waals surface area contributed by atoms with Crippen LogP contribution in [0.5, 0.6) is 0 Å². The molecule has 0 aromatic heterocycles. The van der Waals surface area contributed by atoms with Gasteiger partial charge < -0.3 is 33.8 Å². The highest BCUT2D eigenvalue weighted by Gasteiger charge is 2.30. The average Bonchev–Trinajstić information content (AvgIpc) is 1.06. The number of hydrogen-bond donors (Lipinski definition) is 3. The fraction of sp³-hybridized carbons (Fsp3) is 0.951. The van der Waals surface area contributed by atoms with Crippen molar-refractivity contribution >= 4 is 39.5 Å². The van der Waals surface area contributed by atoms with Gasteiger partial charge in [-0.1, -0.05) is 370 Å². The van der Waals surface area contributed by atoms with Crippen LogP contribution in [0.1, 0.15) is 421 Å². The maximum Gasteiger partial charge on any atom is 0.472 e. The van der Waals surface area contributed by atoms with Crippen molar-refractivity contribution in [3.8, 4) is 0 Å². The Bertz CT molecular complexity index is 1940. The maximum absolute atomic E-state index is 13.1. The number of rotatable bonds is 79. The largest absolute Gasteiger partial charge is 0.472 e. The number of phosphoric acid groups is 2. The highest BCUT2D eigenvalue weighted by molar-refractivity contribution is 7.47. The van der Waals surface area contributed by atoms with Gasteiger partial charge >= 0.3 is 39.5 Å². The van der Waals surface area contributed by atoms with Crippen molar-refractivity contribution in [3.63, 3.8) is 0 Å². The van der Waals surface area contributed by atoms with E-state index in [-0.39, 0.29) is 25.7 Å². The van der Waals surface area contributed by atoms with Crippen molar-refractivity contribution in [2.24, 2.45) is 17.8 Å². The van der Waals surface area contributed by atoms with E-state index in [1.54, 1.807) is 0 Å². The second-order valence-electron chi connectivity index (χ2n) is 30.6. The summed E-state index contributed by atoms with van der Waals surface area (Å²) in [7, 11) is -9.92. The molecule has 0 bridgehead atoms. The third kappa shape index (κ3) is 74.3. The first kappa shape index (κ1) is 98.1. The molecule has 19 heteroatoms. The quantitative estimate of drug-likeness (QED) is 0.0222. The van der Waals surface area contributed by atoms with Gasteiger partial charge in [0, 0.05) is 25.7 Å². The van der Waals surface area contributed by atoms with Crippen LogP contribution in [0.3, 0.4) is 0 Å². The molecular formula is C81H158O17P2. The molecule has 3 N–H and O–H groups in total. The molecule has 0 saturated carbocycles. The Labute approximate surface area is 613 Å². The second kappa shape index (κ2) is 71.3. The normalized spacial score (nSPS) is 14.0. The van der Waals surface area contributed by atoms with Gasteiger partial charge in [-0.25, -0.2) is 9.13 Å². The fourth-order valence-electron chi connectivity index (χ4n) is 12.5. The van der Waals surface area contributed by atoms with E-state index >= 15 is 0 Å². The van der Waals surface area contributed by atoms with Gasteiger partial charge in [-0.3, -0.25) is 37.3 Å². The first-order valence-corrected chi connectivity index (χ1v) is 44.8. The predicted molar refractivity (Wildman–Crippen MR) is 409 cm³/mol. The van der Waals surface area contributed by atoms with Crippen LogP contribution in [0.2, 0.25) is 0 Å². The molecule has 17 nitrogen and oxygen atoms in total. The van der Waals surface area contributed by atoms with Crippen LogP contribution >= 0.6 is 15.6 Å². The molecule has 0 spiro atoms. The van der Waals surface area contributed by atoms with E-state index in [0.717, 1.165) is 108 Å². The Hall–Kier alpha value is -1.94. The van der Waals surface area contributed by atoms with Crippen LogP contribution in [0, 0.1) is 17.8 Å². The van der Waals surface area contributed by atoms with Gasteiger partial charge in [0.1, 0.15) is 19.3 Å². The number of phosphoric ester groups is 2. The summed E-state index contributed by atoms with van der Waals surface area (Å²) < 4.78 is 68.8. The van der Waals surface area contributed by atoms with Gasteiger partial charge in [0.2, 0.25) is 0 Å². The molecule has 0 aromatic carbocycles. The minimum atomic E-state index is -4.96. The van der Waals surface area contributed by atoms with E-state index in [0.29, 0.717) is 25.7 Å². The average molecular weight is 1470 g/mol. The molecule has 0 saturated heterocycles. The lowest BCUT2D eigenvalue weighted by Gasteiger charge is -2.21. The molecule has 5 atom stereocenters. The topological polar surface area (TPSA) is 237 Å². The predicted octanol–water partition coefficient (Wildman–Crippen LogP) is 24.1. The molecule has 0 aliphatic carbocycles. The number of aliphatic hydroxyl groups excluding tert-OH is 1. The minimum Gasteiger partial charge on any atom is -0.462 e. The second-order valence-corrected chi connectivity index (χ2v) is 33.5. The number of carbonyl (C=O) groups excluding carboxylic acids is 4. The summed E-state index contributed by atoms with van der Waals surface area (Å²) in [5, 5.41) is 10.6. The molecule has 0 aliphatic heterocycles. The summed E-state index contributed by atoms with van der Waals surface area (Å²) in [4.78, 5) is 73.1. The van der Waals surface area contributed by atoms with E-state index in [1.165, 1.54) is 231 Å². The van der Waals surface area contributed by atoms with Crippen molar-refractivity contribution in [1.29, 1.82) is 0 Å². The number of esters is 4. The number of carbonyl (C=O) groups is 4. The van der Waals surface area contributed by atoms with E-state index < -0.39 is 97.5 Å². The highest BCUT2D eigenvalue weighted by atomic mass is 31.2. The van der Waals surface area contributed by atoms with E-state index in [2.05, 4.69) is 48.5 Å². The molecule has 2 unspecified atom stereocenters. The molecule has 0 radical (unpaired) electrons. The van der Waals surface area contributed by atoms with Gasteiger partial charge in [0.05, 0.1) is 26.4 Å². The number of hydrogen-bond acceptors (Lipinski definition) is 15. The first-order chi connectivity index (χ1) is 48.2. The first-order valence-electron chi connectivity index (χ1n) is 41.8. The number of ether oxygens (including phenoxy) is 4. The Kier molecular flexibility index (Phi) is 69.9. The molecule has 0 aliphatic rings. The number of aliphatic hydroxyl groups is 1. The summed E-state index contributed by atoms with van der Waals surface area (Å²) in [6.07, 6.45) is 59.6. The van der Waals surface area contributed by atoms with E-state index in [1.807, 2.05) is 0 Å². The Morgan fingerprint density at radius 2 is 0.460 bits per heavy atom. The van der Waals surface area contributed by atoms with Crippen molar-refractivity contribution < 1.29 is 80.2 Å². The number of unbranched alkanes of at least 4 members (excludes halogenated alkanes) is 47. The van der Waals surface area contributed by atoms with Crippen LogP contribution in [0.15, 0.2) is 0 Å². The lowest BCUT2D eigenvalue weighted by Crippen LogP contribution is -2.30. The fourth-order valence-corrected chi connectivity index (χ4v) is 14.1. The minimum absolute atomic E-state index is 0.106. The van der Waals surface area contributed by atoms with Crippen LogP contribution < -0.4 is 0 Å². The molecule has 594 valence electrons. The van der Waals surface area contributed by atoms with Gasteiger partial charge in [-0.15, -0.1) is 0 Å². The van der Waals surface area contributed by atoms with Crippen LogP contribution in [0.4, 0.5) is 0 Å². The highest BCUT2D eigenvalue weighted by Crippen LogP contribution is 2.45. The summed E-state index contributed by atoms with van der Waals surface area (Å²) in [5.41, 5.74) is 0. The molecule has 0 amide bonds. The molecule has 100 heavy (non-hydrogen) atoms. The van der Waals surface area contributed by atoms with Gasteiger partial charge in [-0.05, 0) is 43.4 Å². The Morgan fingerprint density at radius 3 is 0.680 bits per heavy atom. The van der Waals surface area contributed by atoms with E-state index in [9.17, 15) is 43.2 Å². The monoisotopic (exact) mass is 1470 g/mol. The zero-order valence-corrected chi connectivity index (χ0v) is 67.5. The van der Waals surface area contributed by atoms with E-state index in [4.69, 9.17) is 37.0 Å². The van der Waals surface area contributed by atoms with Crippen LogP contribution in [0.25, 0.3) is 0 Å². The summed E-state index contributed by atoms with van der Waals surface area (Å²) in [6.45, 7) is 11.9. The zero-order chi connectivity index (χ0) is 73.7. The molecule has 0 fully saturated rings. The summed E-state index contributed by atoms with van der Waals surface area (Å²) in [6, 6.07) is 0. The third-order valence-corrected chi connectivity index (χ3v) is 20.8. The van der Waals surface area contributed by atoms with Crippen molar-refractivity contribution in [1.82, 2.24) is 0 Å². The standard InChI is InChI=1S/C81H158O17P2/c1-8-9-10-11-12-13-14-15-16-17-18-19-20-21-26-36-43-50-57-64-80(85)97-76(68-91-78(83)62-55-48-41-34-27-22-24-31-38-45-52-59-72(2)3)70-95-99(87,88)93-66-75(82)67-94-100(89,90)96-71-77(69-92-79(84)63-56-49-42-35-30-29-33-40-47-54-61-74(6)7)98-81(86)65-58-51-44-37-28-23-25-32-39-46-53-60-73(4)5/h72-77,82H,8-71H2,1-7H3,(H,87,88)(H,89,90)/t75-,76-,77-/m1/s1. The molecule has 0 aromatic rings. The van der Waals surface area contributed by atoms with Gasteiger partial charge in [-0.2, -0.15) is 0 Å². The summed E-state index contributed by atoms with van der Waals surface area (Å²) in [5.74, 6) is 0.184. The zero-order valence-electron chi connectivity index (χ0n) is 65.7. The third-order valence-electron chi connectivity index (χ3n) is 18.9. The molecular weight excluding hydrogens is 1310 g/mol. The smallest absolute Gasteiger partial charge is 0.462 e.